The van der Waals surface area contributed by atoms with Crippen LogP contribution in [0.25, 0.3) is 0 Å². The molecule has 1 aliphatic heterocycles. The Bertz CT molecular complexity index is 1640. The van der Waals surface area contributed by atoms with Gasteiger partial charge in [-0.2, -0.15) is 0 Å². The Labute approximate surface area is 292 Å². The average Bonchev–Trinajstić information content (AvgIpc) is 3.95. The van der Waals surface area contributed by atoms with E-state index < -0.39 is 64.9 Å². The van der Waals surface area contributed by atoms with Crippen molar-refractivity contribution in [1.82, 2.24) is 36.1 Å². The van der Waals surface area contributed by atoms with E-state index in [9.17, 15) is 28.8 Å². The van der Waals surface area contributed by atoms with Crippen molar-refractivity contribution < 1.29 is 28.8 Å². The zero-order valence-corrected chi connectivity index (χ0v) is 29.3. The minimum atomic E-state index is -1.17. The lowest BCUT2D eigenvalue weighted by Gasteiger charge is -2.38. The second kappa shape index (κ2) is 14.5. The van der Waals surface area contributed by atoms with Crippen LogP contribution in [0.15, 0.2) is 61.6 Å². The molecule has 50 heavy (non-hydrogen) atoms. The summed E-state index contributed by atoms with van der Waals surface area (Å²) in [6.07, 6.45) is 7.73. The van der Waals surface area contributed by atoms with E-state index in [2.05, 4.69) is 37.8 Å². The van der Waals surface area contributed by atoms with Gasteiger partial charge in [-0.3, -0.25) is 33.8 Å². The lowest BCUT2D eigenvalue weighted by Crippen LogP contribution is -2.61. The van der Waals surface area contributed by atoms with Gasteiger partial charge >= 0.3 is 0 Å². The Balaban J connectivity index is 1.38. The predicted molar refractivity (Wildman–Crippen MR) is 184 cm³/mol. The van der Waals surface area contributed by atoms with Gasteiger partial charge in [-0.15, -0.1) is 6.58 Å². The fourth-order valence-electron chi connectivity index (χ4n) is 7.01. The van der Waals surface area contributed by atoms with Crippen molar-refractivity contribution in [2.75, 3.05) is 13.1 Å². The van der Waals surface area contributed by atoms with Crippen LogP contribution in [0.5, 0.6) is 0 Å². The number of likely N-dealkylation sites (tertiary alicyclic amines) is 1. The normalized spacial score (nSPS) is 22.2. The van der Waals surface area contributed by atoms with E-state index in [-0.39, 0.29) is 35.4 Å². The second-order valence-electron chi connectivity index (χ2n) is 15.2. The van der Waals surface area contributed by atoms with Crippen molar-refractivity contribution in [2.24, 2.45) is 28.6 Å². The molecule has 6 atom stereocenters. The number of rotatable bonds is 14. The van der Waals surface area contributed by atoms with Crippen LogP contribution in [0.3, 0.4) is 0 Å². The molecule has 3 aliphatic rings. The summed E-state index contributed by atoms with van der Waals surface area (Å²) < 4.78 is 0. The van der Waals surface area contributed by atoms with Gasteiger partial charge in [0.2, 0.25) is 23.5 Å². The zero-order valence-electron chi connectivity index (χ0n) is 29.3. The van der Waals surface area contributed by atoms with Crippen LogP contribution in [0, 0.1) is 28.6 Å². The fourth-order valence-corrected chi connectivity index (χ4v) is 7.01. The van der Waals surface area contributed by atoms with Crippen LogP contribution in [-0.2, 0) is 24.0 Å². The van der Waals surface area contributed by atoms with Gasteiger partial charge in [0.1, 0.15) is 23.8 Å². The number of nitrogens with zero attached hydrogens (tertiary/aromatic N) is 3. The highest BCUT2D eigenvalue weighted by Gasteiger charge is 2.70. The van der Waals surface area contributed by atoms with Crippen molar-refractivity contribution in [3.8, 4) is 0 Å². The van der Waals surface area contributed by atoms with E-state index in [1.54, 1.807) is 30.3 Å². The summed E-state index contributed by atoms with van der Waals surface area (Å²) in [5.74, 6) is -3.61. The number of carbonyl (C=O) groups excluding carboxylic acids is 6. The molecule has 0 radical (unpaired) electrons. The van der Waals surface area contributed by atoms with Gasteiger partial charge in [0.15, 0.2) is 0 Å². The number of Topliss-reactive ketones (excluding diaryl/α,β-unsaturated/α-hetero) is 1. The van der Waals surface area contributed by atoms with E-state index >= 15 is 0 Å². The molecule has 13 heteroatoms. The number of amides is 5. The van der Waals surface area contributed by atoms with Crippen molar-refractivity contribution in [3.63, 3.8) is 0 Å². The molecule has 2 saturated carbocycles. The molecule has 0 bridgehead atoms. The molecule has 2 aliphatic carbocycles. The molecule has 1 aromatic heterocycles. The lowest BCUT2D eigenvalue weighted by atomic mass is 9.84. The van der Waals surface area contributed by atoms with Crippen molar-refractivity contribution in [3.05, 3.63) is 72.8 Å². The van der Waals surface area contributed by atoms with Gasteiger partial charge < -0.3 is 26.2 Å². The summed E-state index contributed by atoms with van der Waals surface area (Å²) in [5, 5.41) is 11.0. The molecule has 0 spiro atoms. The number of hydrogen-bond donors (Lipinski definition) is 4. The Morgan fingerprint density at radius 1 is 1.02 bits per heavy atom. The fraction of sp³-hybridized carbons (Fsp3) is 0.514. The van der Waals surface area contributed by atoms with E-state index in [1.807, 2.05) is 34.6 Å². The number of benzene rings is 1. The highest BCUT2D eigenvalue weighted by Crippen LogP contribution is 2.65. The minimum Gasteiger partial charge on any atom is -0.346 e. The van der Waals surface area contributed by atoms with Gasteiger partial charge in [0.05, 0.1) is 12.2 Å². The van der Waals surface area contributed by atoms with Gasteiger partial charge in [-0.05, 0) is 40.6 Å². The number of hydrogen-bond acceptors (Lipinski definition) is 8. The summed E-state index contributed by atoms with van der Waals surface area (Å²) in [6.45, 7) is 13.5. The number of piperidine rings is 1. The third-order valence-corrected chi connectivity index (χ3v) is 10.2. The molecule has 5 rings (SSSR count). The van der Waals surface area contributed by atoms with Gasteiger partial charge in [0.25, 0.3) is 11.8 Å². The third kappa shape index (κ3) is 7.92. The van der Waals surface area contributed by atoms with Crippen LogP contribution < -0.4 is 21.3 Å². The molecule has 2 heterocycles. The lowest BCUT2D eigenvalue weighted by molar-refractivity contribution is -0.146. The molecule has 1 saturated heterocycles. The molecule has 3 fully saturated rings. The van der Waals surface area contributed by atoms with Gasteiger partial charge in [-0.1, -0.05) is 83.9 Å². The maximum absolute atomic E-state index is 14.5. The van der Waals surface area contributed by atoms with Gasteiger partial charge in [0, 0.05) is 25.5 Å². The molecule has 13 nitrogen and oxygen atoms in total. The standard InChI is InChI=1S/C37H47N7O6/c1-7-15-40-34(49)29(45)24(18-21-13-14-21)41-33(48)28-26-23(37(26,5)6)20-44(28)35(50)30(36(2,3)4)43-32(47)27(22-11-9-8-10-12-22)42-31(46)25-19-38-16-17-39-25/h7-12,16-17,19,21,23-24,26-28,30H,1,13-15,18,20H2,2-6H3,(H,40,49)(H,41,48)(H,42,46)(H,43,47)/t23-,24?,26-,27-,28-,30+/m0/s1. The summed E-state index contributed by atoms with van der Waals surface area (Å²) in [4.78, 5) is 91.1. The largest absolute Gasteiger partial charge is 0.346 e. The first-order valence-electron chi connectivity index (χ1n) is 17.1. The first-order chi connectivity index (χ1) is 23.6. The van der Waals surface area contributed by atoms with Crippen LogP contribution in [0.1, 0.15) is 76.0 Å². The van der Waals surface area contributed by atoms with Crippen molar-refractivity contribution in [2.45, 2.75) is 78.0 Å². The van der Waals surface area contributed by atoms with E-state index in [0.29, 0.717) is 18.5 Å². The average molecular weight is 686 g/mol. The Hall–Kier alpha value is -4.94. The zero-order chi connectivity index (χ0) is 36.4. The molecular weight excluding hydrogens is 638 g/mol. The number of aromatic nitrogens is 2. The number of nitrogens with one attached hydrogen (secondary N) is 4. The van der Waals surface area contributed by atoms with Gasteiger partial charge in [-0.25, -0.2) is 4.98 Å². The third-order valence-electron chi connectivity index (χ3n) is 10.2. The molecule has 4 N–H and O–H groups in total. The van der Waals surface area contributed by atoms with Crippen LogP contribution in [-0.4, -0.2) is 81.4 Å². The molecule has 1 aromatic carbocycles. The summed E-state index contributed by atoms with van der Waals surface area (Å²) in [5.41, 5.74) is -0.513. The Kier molecular flexibility index (Phi) is 10.5. The van der Waals surface area contributed by atoms with E-state index in [1.165, 1.54) is 29.6 Å². The maximum atomic E-state index is 14.5. The maximum Gasteiger partial charge on any atom is 0.289 e. The second-order valence-corrected chi connectivity index (χ2v) is 15.2. The molecule has 1 unspecified atom stereocenters. The molecular formula is C37H47N7O6. The number of carbonyl (C=O) groups is 6. The number of ketones is 1. The minimum absolute atomic E-state index is 0.0223. The van der Waals surface area contributed by atoms with E-state index in [4.69, 9.17) is 0 Å². The van der Waals surface area contributed by atoms with Crippen molar-refractivity contribution in [1.29, 1.82) is 0 Å². The van der Waals surface area contributed by atoms with E-state index in [0.717, 1.165) is 12.8 Å². The topological polar surface area (TPSA) is 180 Å². The summed E-state index contributed by atoms with van der Waals surface area (Å²) in [6, 6.07) is 4.47. The molecule has 5 amide bonds. The smallest absolute Gasteiger partial charge is 0.289 e. The molecule has 266 valence electrons. The van der Waals surface area contributed by atoms with Crippen LogP contribution in [0.4, 0.5) is 0 Å². The quantitative estimate of drug-likeness (QED) is 0.173. The number of fused-ring (bicyclic) bond motifs is 1. The molecule has 2 aromatic rings. The highest BCUT2D eigenvalue weighted by molar-refractivity contribution is 6.38. The summed E-state index contributed by atoms with van der Waals surface area (Å²) in [7, 11) is 0. The van der Waals surface area contributed by atoms with Crippen LogP contribution >= 0.6 is 0 Å². The monoisotopic (exact) mass is 685 g/mol. The Morgan fingerprint density at radius 3 is 2.32 bits per heavy atom. The Morgan fingerprint density at radius 2 is 1.72 bits per heavy atom. The first kappa shape index (κ1) is 36.3. The highest BCUT2D eigenvalue weighted by atomic mass is 16.2. The predicted octanol–water partition coefficient (Wildman–Crippen LogP) is 2.12. The summed E-state index contributed by atoms with van der Waals surface area (Å²) >= 11 is 0. The first-order valence-corrected chi connectivity index (χ1v) is 17.1. The SMILES string of the molecule is C=CCNC(=O)C(=O)C(CC1CC1)NC(=O)[C@@H]1[C@@H]2[C@H](CN1C(=O)[C@@H](NC(=O)[C@@H](NC(=O)c1cnccn1)c1ccccc1)C(C)(C)C)C2(C)C. The van der Waals surface area contributed by atoms with Crippen molar-refractivity contribution >= 4 is 35.3 Å². The van der Waals surface area contributed by atoms with Crippen LogP contribution in [0.2, 0.25) is 0 Å².